The molecule has 1 aliphatic rings. The maximum atomic E-state index is 13.4. The first-order valence-corrected chi connectivity index (χ1v) is 7.07. The van der Waals surface area contributed by atoms with Crippen LogP contribution in [-0.4, -0.2) is 42.9 Å². The van der Waals surface area contributed by atoms with Crippen LogP contribution in [0.25, 0.3) is 0 Å². The molecule has 2 rings (SSSR count). The monoisotopic (exact) mass is 293 g/mol. The van der Waals surface area contributed by atoms with Crippen LogP contribution in [0, 0.1) is 5.82 Å². The minimum atomic E-state index is -0.456. The third-order valence-corrected chi connectivity index (χ3v) is 3.22. The third kappa shape index (κ3) is 5.51. The second kappa shape index (κ2) is 7.17. The predicted molar refractivity (Wildman–Crippen MR) is 78.3 cm³/mol. The summed E-state index contributed by atoms with van der Waals surface area (Å²) in [5.74, 6) is -0.743. The van der Waals surface area contributed by atoms with Crippen molar-refractivity contribution < 1.29 is 14.0 Å². The largest absolute Gasteiger partial charge is 0.352 e. The van der Waals surface area contributed by atoms with Crippen molar-refractivity contribution in [3.8, 4) is 0 Å². The first kappa shape index (κ1) is 15.4. The van der Waals surface area contributed by atoms with E-state index in [1.165, 1.54) is 12.1 Å². The van der Waals surface area contributed by atoms with Gasteiger partial charge in [-0.3, -0.25) is 14.5 Å². The highest BCUT2D eigenvalue weighted by Crippen LogP contribution is 2.18. The van der Waals surface area contributed by atoms with Crippen LogP contribution in [0.4, 0.5) is 10.1 Å². The molecule has 114 valence electrons. The average molecular weight is 293 g/mol. The Bertz CT molecular complexity index is 517. The Morgan fingerprint density at radius 2 is 2.00 bits per heavy atom. The number of carbonyl (C=O) groups excluding carboxylic acids is 2. The summed E-state index contributed by atoms with van der Waals surface area (Å²) in [7, 11) is 1.78. The number of hydrogen-bond donors (Lipinski definition) is 2. The van der Waals surface area contributed by atoms with Gasteiger partial charge in [-0.1, -0.05) is 12.1 Å². The zero-order chi connectivity index (χ0) is 15.2. The molecule has 0 aromatic heterocycles. The molecule has 0 atom stereocenters. The maximum absolute atomic E-state index is 13.4. The van der Waals surface area contributed by atoms with E-state index in [1.54, 1.807) is 24.1 Å². The number of halogens is 1. The molecule has 1 fully saturated rings. The Morgan fingerprint density at radius 1 is 1.29 bits per heavy atom. The normalized spacial score (nSPS) is 14.0. The number of likely N-dealkylation sites (N-methyl/N-ethyl adjacent to an activating group) is 1. The second-order valence-electron chi connectivity index (χ2n) is 5.36. The summed E-state index contributed by atoms with van der Waals surface area (Å²) in [6.07, 6.45) is 2.32. The molecule has 1 saturated carbocycles. The fraction of sp³-hybridized carbons (Fsp3) is 0.467. The van der Waals surface area contributed by atoms with Gasteiger partial charge in [0.15, 0.2) is 0 Å². The van der Waals surface area contributed by atoms with Crippen LogP contribution >= 0.6 is 0 Å². The standard InChI is InChI=1S/C15H20FN3O2/c1-19(10-15(21)17-11-6-7-11)9-8-14(20)18-13-5-3-2-4-12(13)16/h2-5,11H,6-10H2,1H3,(H,17,21)(H,18,20). The number of amides is 2. The van der Waals surface area contributed by atoms with Crippen molar-refractivity contribution in [2.75, 3.05) is 25.5 Å². The van der Waals surface area contributed by atoms with Crippen LogP contribution in [0.2, 0.25) is 0 Å². The molecule has 0 radical (unpaired) electrons. The lowest BCUT2D eigenvalue weighted by atomic mass is 10.3. The van der Waals surface area contributed by atoms with E-state index in [4.69, 9.17) is 0 Å². The van der Waals surface area contributed by atoms with E-state index in [0.29, 0.717) is 12.6 Å². The Kier molecular flexibility index (Phi) is 5.27. The molecule has 1 aliphatic carbocycles. The molecule has 2 amide bonds. The number of benzene rings is 1. The van der Waals surface area contributed by atoms with Crippen molar-refractivity contribution in [3.05, 3.63) is 30.1 Å². The van der Waals surface area contributed by atoms with Crippen LogP contribution in [0.1, 0.15) is 19.3 Å². The van der Waals surface area contributed by atoms with Crippen LogP contribution in [0.15, 0.2) is 24.3 Å². The van der Waals surface area contributed by atoms with Gasteiger partial charge in [0.25, 0.3) is 0 Å². The lowest BCUT2D eigenvalue weighted by Gasteiger charge is -2.16. The summed E-state index contributed by atoms with van der Waals surface area (Å²) in [6, 6.07) is 6.38. The lowest BCUT2D eigenvalue weighted by Crippen LogP contribution is -2.37. The molecule has 1 aromatic rings. The minimum absolute atomic E-state index is 0.0190. The molecular weight excluding hydrogens is 273 g/mol. The summed E-state index contributed by atoms with van der Waals surface area (Å²) in [6.45, 7) is 0.710. The van der Waals surface area contributed by atoms with Gasteiger partial charge < -0.3 is 10.6 Å². The quantitative estimate of drug-likeness (QED) is 0.798. The number of hydrogen-bond acceptors (Lipinski definition) is 3. The number of rotatable bonds is 7. The van der Waals surface area contributed by atoms with E-state index in [9.17, 15) is 14.0 Å². The molecule has 0 spiro atoms. The van der Waals surface area contributed by atoms with Crippen LogP contribution in [-0.2, 0) is 9.59 Å². The molecule has 0 heterocycles. The van der Waals surface area contributed by atoms with E-state index >= 15 is 0 Å². The van der Waals surface area contributed by atoms with E-state index in [-0.39, 0.29) is 30.5 Å². The van der Waals surface area contributed by atoms with Crippen LogP contribution in [0.5, 0.6) is 0 Å². The highest BCUT2D eigenvalue weighted by molar-refractivity contribution is 5.90. The van der Waals surface area contributed by atoms with E-state index in [2.05, 4.69) is 10.6 Å². The number of anilines is 1. The Hall–Kier alpha value is -1.95. The van der Waals surface area contributed by atoms with Gasteiger partial charge in [-0.05, 0) is 32.0 Å². The van der Waals surface area contributed by atoms with Gasteiger partial charge in [0.2, 0.25) is 11.8 Å². The number of para-hydroxylation sites is 1. The van der Waals surface area contributed by atoms with Gasteiger partial charge in [0.1, 0.15) is 5.82 Å². The van der Waals surface area contributed by atoms with Crippen molar-refractivity contribution in [1.29, 1.82) is 0 Å². The van der Waals surface area contributed by atoms with Gasteiger partial charge in [-0.15, -0.1) is 0 Å². The summed E-state index contributed by atoms with van der Waals surface area (Å²) in [4.78, 5) is 25.1. The van der Waals surface area contributed by atoms with E-state index < -0.39 is 5.82 Å². The smallest absolute Gasteiger partial charge is 0.234 e. The topological polar surface area (TPSA) is 61.4 Å². The maximum Gasteiger partial charge on any atom is 0.234 e. The van der Waals surface area contributed by atoms with E-state index in [0.717, 1.165) is 12.8 Å². The van der Waals surface area contributed by atoms with Crippen molar-refractivity contribution in [2.24, 2.45) is 0 Å². The summed E-state index contributed by atoms with van der Waals surface area (Å²) >= 11 is 0. The SMILES string of the molecule is CN(CCC(=O)Nc1ccccc1F)CC(=O)NC1CC1. The molecule has 6 heteroatoms. The highest BCUT2D eigenvalue weighted by Gasteiger charge is 2.23. The molecule has 0 bridgehead atoms. The molecule has 0 unspecified atom stereocenters. The fourth-order valence-corrected chi connectivity index (χ4v) is 1.89. The molecular formula is C15H20FN3O2. The third-order valence-electron chi connectivity index (χ3n) is 3.22. The Morgan fingerprint density at radius 3 is 2.67 bits per heavy atom. The first-order valence-electron chi connectivity index (χ1n) is 7.07. The zero-order valence-electron chi connectivity index (χ0n) is 12.1. The average Bonchev–Trinajstić information content (AvgIpc) is 3.23. The van der Waals surface area contributed by atoms with Gasteiger partial charge in [0, 0.05) is 19.0 Å². The van der Waals surface area contributed by atoms with Crippen molar-refractivity contribution in [1.82, 2.24) is 10.2 Å². The lowest BCUT2D eigenvalue weighted by molar-refractivity contribution is -0.123. The van der Waals surface area contributed by atoms with Crippen molar-refractivity contribution in [2.45, 2.75) is 25.3 Å². The second-order valence-corrected chi connectivity index (χ2v) is 5.36. The van der Waals surface area contributed by atoms with Gasteiger partial charge >= 0.3 is 0 Å². The molecule has 0 aliphatic heterocycles. The fourth-order valence-electron chi connectivity index (χ4n) is 1.89. The Labute approximate surface area is 123 Å². The predicted octanol–water partition coefficient (Wildman–Crippen LogP) is 1.36. The summed E-state index contributed by atoms with van der Waals surface area (Å²) in [5.41, 5.74) is 0.177. The van der Waals surface area contributed by atoms with Gasteiger partial charge in [-0.25, -0.2) is 4.39 Å². The number of nitrogens with one attached hydrogen (secondary N) is 2. The van der Waals surface area contributed by atoms with Crippen molar-refractivity contribution in [3.63, 3.8) is 0 Å². The molecule has 5 nitrogen and oxygen atoms in total. The zero-order valence-corrected chi connectivity index (χ0v) is 12.1. The van der Waals surface area contributed by atoms with Gasteiger partial charge in [0.05, 0.1) is 12.2 Å². The van der Waals surface area contributed by atoms with Crippen LogP contribution < -0.4 is 10.6 Å². The van der Waals surface area contributed by atoms with Gasteiger partial charge in [-0.2, -0.15) is 0 Å². The van der Waals surface area contributed by atoms with E-state index in [1.807, 2.05) is 0 Å². The molecule has 1 aromatic carbocycles. The molecule has 0 saturated heterocycles. The highest BCUT2D eigenvalue weighted by atomic mass is 19.1. The summed E-state index contributed by atoms with van der Waals surface area (Å²) < 4.78 is 13.4. The summed E-state index contributed by atoms with van der Waals surface area (Å²) in [5, 5.41) is 5.41. The number of nitrogens with zero attached hydrogens (tertiary/aromatic N) is 1. The molecule has 21 heavy (non-hydrogen) atoms. The molecule has 2 N–H and O–H groups in total. The number of carbonyl (C=O) groups is 2. The minimum Gasteiger partial charge on any atom is -0.352 e. The van der Waals surface area contributed by atoms with Crippen LogP contribution in [0.3, 0.4) is 0 Å². The Balaban J connectivity index is 1.68. The first-order chi connectivity index (χ1) is 10.0. The van der Waals surface area contributed by atoms with Crippen molar-refractivity contribution >= 4 is 17.5 Å².